The first-order valence-electron chi connectivity index (χ1n) is 5.88. The Morgan fingerprint density at radius 1 is 1.20 bits per heavy atom. The zero-order valence-corrected chi connectivity index (χ0v) is 10.1. The summed E-state index contributed by atoms with van der Waals surface area (Å²) in [5.74, 6) is 0.756. The first-order chi connectivity index (χ1) is 7.33. The number of alkyl halides is 1. The van der Waals surface area contributed by atoms with Crippen molar-refractivity contribution in [1.29, 1.82) is 0 Å². The van der Waals surface area contributed by atoms with Gasteiger partial charge < -0.3 is 5.32 Å². The van der Waals surface area contributed by atoms with Crippen LogP contribution in [0.15, 0.2) is 0 Å². The number of amides is 1. The molecule has 1 amide bonds. The summed E-state index contributed by atoms with van der Waals surface area (Å²) in [7, 11) is 0. The summed E-state index contributed by atoms with van der Waals surface area (Å²) in [6, 6.07) is 0. The van der Waals surface area contributed by atoms with Crippen molar-refractivity contribution < 1.29 is 4.79 Å². The van der Waals surface area contributed by atoms with Crippen LogP contribution in [0.5, 0.6) is 0 Å². The Morgan fingerprint density at radius 2 is 1.87 bits per heavy atom. The normalized spacial score (nSPS) is 18.5. The number of nitrogens with one attached hydrogen (secondary N) is 1. The SMILES string of the molecule is O=C(CN1CCCCCC1)NCCCCl. The molecule has 0 aromatic rings. The van der Waals surface area contributed by atoms with Crippen molar-refractivity contribution in [1.82, 2.24) is 10.2 Å². The Kier molecular flexibility index (Phi) is 6.77. The summed E-state index contributed by atoms with van der Waals surface area (Å²) < 4.78 is 0. The van der Waals surface area contributed by atoms with Crippen molar-refractivity contribution in [3.63, 3.8) is 0 Å². The van der Waals surface area contributed by atoms with E-state index < -0.39 is 0 Å². The van der Waals surface area contributed by atoms with Crippen LogP contribution in [-0.2, 0) is 4.79 Å². The van der Waals surface area contributed by atoms with Crippen LogP contribution in [0.2, 0.25) is 0 Å². The van der Waals surface area contributed by atoms with E-state index in [0.29, 0.717) is 19.0 Å². The van der Waals surface area contributed by atoms with Gasteiger partial charge in [0.05, 0.1) is 6.54 Å². The van der Waals surface area contributed by atoms with Crippen molar-refractivity contribution in [2.24, 2.45) is 0 Å². The fourth-order valence-corrected chi connectivity index (χ4v) is 1.98. The van der Waals surface area contributed by atoms with E-state index in [-0.39, 0.29) is 5.91 Å². The minimum Gasteiger partial charge on any atom is -0.355 e. The maximum absolute atomic E-state index is 11.5. The van der Waals surface area contributed by atoms with E-state index in [1.54, 1.807) is 0 Å². The molecule has 4 heteroatoms. The first-order valence-corrected chi connectivity index (χ1v) is 6.41. The van der Waals surface area contributed by atoms with Crippen molar-refractivity contribution in [3.05, 3.63) is 0 Å². The van der Waals surface area contributed by atoms with Gasteiger partial charge in [0, 0.05) is 12.4 Å². The molecule has 0 aliphatic carbocycles. The van der Waals surface area contributed by atoms with Crippen LogP contribution >= 0.6 is 11.6 Å². The maximum atomic E-state index is 11.5. The molecule has 0 unspecified atom stereocenters. The molecule has 88 valence electrons. The molecule has 0 aromatic heterocycles. The highest BCUT2D eigenvalue weighted by Gasteiger charge is 2.12. The third-order valence-corrected chi connectivity index (χ3v) is 2.97. The molecular weight excluding hydrogens is 212 g/mol. The lowest BCUT2D eigenvalue weighted by molar-refractivity contribution is -0.122. The molecule has 3 nitrogen and oxygen atoms in total. The van der Waals surface area contributed by atoms with Crippen LogP contribution in [0, 0.1) is 0 Å². The van der Waals surface area contributed by atoms with Crippen LogP contribution in [0.4, 0.5) is 0 Å². The van der Waals surface area contributed by atoms with E-state index in [0.717, 1.165) is 19.5 Å². The molecule has 1 saturated heterocycles. The summed E-state index contributed by atoms with van der Waals surface area (Å²) >= 11 is 5.54. The predicted octanol–water partition coefficient (Wildman–Crippen LogP) is 1.61. The lowest BCUT2D eigenvalue weighted by Crippen LogP contribution is -2.38. The highest BCUT2D eigenvalue weighted by molar-refractivity contribution is 6.17. The van der Waals surface area contributed by atoms with Crippen LogP contribution in [-0.4, -0.2) is 42.9 Å². The minimum atomic E-state index is 0.141. The Labute approximate surface area is 97.2 Å². The van der Waals surface area contributed by atoms with Gasteiger partial charge >= 0.3 is 0 Å². The number of likely N-dealkylation sites (tertiary alicyclic amines) is 1. The molecule has 0 atom stereocenters. The monoisotopic (exact) mass is 232 g/mol. The second-order valence-electron chi connectivity index (χ2n) is 4.08. The quantitative estimate of drug-likeness (QED) is 0.577. The average Bonchev–Trinajstić information content (AvgIpc) is 2.47. The number of rotatable bonds is 5. The van der Waals surface area contributed by atoms with Crippen molar-refractivity contribution in [3.8, 4) is 0 Å². The number of nitrogens with zero attached hydrogens (tertiary/aromatic N) is 1. The molecular formula is C11H21ClN2O. The van der Waals surface area contributed by atoms with Crippen molar-refractivity contribution in [2.75, 3.05) is 32.1 Å². The first kappa shape index (κ1) is 12.8. The fourth-order valence-electron chi connectivity index (χ4n) is 1.85. The molecule has 0 radical (unpaired) electrons. The zero-order chi connectivity index (χ0) is 10.9. The highest BCUT2D eigenvalue weighted by atomic mass is 35.5. The molecule has 1 N–H and O–H groups in total. The Balaban J connectivity index is 2.12. The van der Waals surface area contributed by atoms with Crippen LogP contribution < -0.4 is 5.32 Å². The highest BCUT2D eigenvalue weighted by Crippen LogP contribution is 2.08. The van der Waals surface area contributed by atoms with E-state index in [9.17, 15) is 4.79 Å². The largest absolute Gasteiger partial charge is 0.355 e. The van der Waals surface area contributed by atoms with E-state index in [1.807, 2.05) is 0 Å². The number of hydrogen-bond acceptors (Lipinski definition) is 2. The third-order valence-electron chi connectivity index (χ3n) is 2.70. The standard InChI is InChI=1S/C11H21ClN2O/c12-6-5-7-13-11(15)10-14-8-3-1-2-4-9-14/h1-10H2,(H,13,15). The van der Waals surface area contributed by atoms with Gasteiger partial charge in [0.15, 0.2) is 0 Å². The topological polar surface area (TPSA) is 32.3 Å². The summed E-state index contributed by atoms with van der Waals surface area (Å²) in [5.41, 5.74) is 0. The van der Waals surface area contributed by atoms with Gasteiger partial charge in [-0.1, -0.05) is 12.8 Å². The number of halogens is 1. The van der Waals surface area contributed by atoms with Gasteiger partial charge in [-0.3, -0.25) is 9.69 Å². The van der Waals surface area contributed by atoms with Crippen molar-refractivity contribution >= 4 is 17.5 Å². The summed E-state index contributed by atoms with van der Waals surface area (Å²) in [6.07, 6.45) is 5.94. The molecule has 1 rings (SSSR count). The maximum Gasteiger partial charge on any atom is 0.234 e. The molecule has 1 aliphatic heterocycles. The summed E-state index contributed by atoms with van der Waals surface area (Å²) in [4.78, 5) is 13.8. The second kappa shape index (κ2) is 7.94. The van der Waals surface area contributed by atoms with Crippen LogP contribution in [0.3, 0.4) is 0 Å². The summed E-state index contributed by atoms with van der Waals surface area (Å²) in [6.45, 7) is 3.41. The Morgan fingerprint density at radius 3 is 2.47 bits per heavy atom. The smallest absolute Gasteiger partial charge is 0.234 e. The van der Waals surface area contributed by atoms with E-state index >= 15 is 0 Å². The Hall–Kier alpha value is -0.280. The summed E-state index contributed by atoms with van der Waals surface area (Å²) in [5, 5.41) is 2.89. The van der Waals surface area contributed by atoms with Gasteiger partial charge in [-0.25, -0.2) is 0 Å². The van der Waals surface area contributed by atoms with Crippen LogP contribution in [0.1, 0.15) is 32.1 Å². The van der Waals surface area contributed by atoms with Gasteiger partial charge in [0.25, 0.3) is 0 Å². The second-order valence-corrected chi connectivity index (χ2v) is 4.46. The molecule has 1 fully saturated rings. The molecule has 0 saturated carbocycles. The number of carbonyl (C=O) groups excluding carboxylic acids is 1. The van der Waals surface area contributed by atoms with Gasteiger partial charge in [-0.2, -0.15) is 0 Å². The molecule has 0 aromatic carbocycles. The Bertz CT molecular complexity index is 179. The van der Waals surface area contributed by atoms with E-state index in [1.165, 1.54) is 25.7 Å². The minimum absolute atomic E-state index is 0.141. The predicted molar refractivity (Wildman–Crippen MR) is 63.3 cm³/mol. The van der Waals surface area contributed by atoms with Gasteiger partial charge in [0.2, 0.25) is 5.91 Å². The molecule has 1 heterocycles. The van der Waals surface area contributed by atoms with Crippen molar-refractivity contribution in [2.45, 2.75) is 32.1 Å². The average molecular weight is 233 g/mol. The van der Waals surface area contributed by atoms with Gasteiger partial charge in [-0.05, 0) is 32.4 Å². The molecule has 1 aliphatic rings. The third kappa shape index (κ3) is 6.00. The van der Waals surface area contributed by atoms with Crippen LogP contribution in [0.25, 0.3) is 0 Å². The van der Waals surface area contributed by atoms with Gasteiger partial charge in [0.1, 0.15) is 0 Å². The fraction of sp³-hybridized carbons (Fsp3) is 0.909. The number of carbonyl (C=O) groups is 1. The lowest BCUT2D eigenvalue weighted by Gasteiger charge is -2.18. The zero-order valence-electron chi connectivity index (χ0n) is 9.30. The number of hydrogen-bond donors (Lipinski definition) is 1. The van der Waals surface area contributed by atoms with E-state index in [2.05, 4.69) is 10.2 Å². The molecule has 0 bridgehead atoms. The van der Waals surface area contributed by atoms with Gasteiger partial charge in [-0.15, -0.1) is 11.6 Å². The molecule has 15 heavy (non-hydrogen) atoms. The van der Waals surface area contributed by atoms with E-state index in [4.69, 9.17) is 11.6 Å². The molecule has 0 spiro atoms. The lowest BCUT2D eigenvalue weighted by atomic mass is 10.2.